The van der Waals surface area contributed by atoms with Gasteiger partial charge in [-0.15, -0.1) is 11.3 Å². The highest BCUT2D eigenvalue weighted by atomic mass is 32.2. The Bertz CT molecular complexity index is 1190. The zero-order valence-electron chi connectivity index (χ0n) is 18.7. The summed E-state index contributed by atoms with van der Waals surface area (Å²) in [7, 11) is -3.57. The summed E-state index contributed by atoms with van der Waals surface area (Å²) in [5, 5.41) is 1.10. The molecule has 1 amide bonds. The van der Waals surface area contributed by atoms with E-state index in [4.69, 9.17) is 4.98 Å². The first kappa shape index (κ1) is 22.5. The zero-order valence-corrected chi connectivity index (χ0v) is 20.3. The normalized spacial score (nSPS) is 19.0. The number of likely N-dealkylation sites (tertiary alicyclic amines) is 1. The van der Waals surface area contributed by atoms with Gasteiger partial charge in [-0.2, -0.15) is 4.31 Å². The van der Waals surface area contributed by atoms with Crippen molar-refractivity contribution in [2.24, 2.45) is 0 Å². The predicted molar refractivity (Wildman–Crippen MR) is 131 cm³/mol. The van der Waals surface area contributed by atoms with Crippen LogP contribution in [-0.2, 0) is 10.0 Å². The van der Waals surface area contributed by atoms with E-state index < -0.39 is 10.0 Å². The number of carbonyl (C=O) groups is 1. The van der Waals surface area contributed by atoms with Crippen LogP contribution in [0.5, 0.6) is 0 Å². The molecule has 1 aromatic heterocycles. The molecular formula is C25H29N3O3S2. The lowest BCUT2D eigenvalue weighted by Gasteiger charge is -2.30. The summed E-state index contributed by atoms with van der Waals surface area (Å²) in [6.45, 7) is 2.53. The van der Waals surface area contributed by atoms with Crippen LogP contribution in [0.25, 0.3) is 10.2 Å². The number of amides is 1. The molecule has 0 unspecified atom stereocenters. The van der Waals surface area contributed by atoms with E-state index in [0.29, 0.717) is 24.6 Å². The zero-order chi connectivity index (χ0) is 22.8. The third kappa shape index (κ3) is 4.69. The van der Waals surface area contributed by atoms with Gasteiger partial charge in [-0.05, 0) is 62.1 Å². The highest BCUT2D eigenvalue weighted by molar-refractivity contribution is 7.89. The van der Waals surface area contributed by atoms with Crippen molar-refractivity contribution in [3.8, 4) is 0 Å². The number of aromatic nitrogens is 1. The number of benzene rings is 2. The quantitative estimate of drug-likeness (QED) is 0.530. The van der Waals surface area contributed by atoms with Gasteiger partial charge >= 0.3 is 0 Å². The number of rotatable bonds is 4. The molecule has 2 saturated heterocycles. The molecule has 3 heterocycles. The summed E-state index contributed by atoms with van der Waals surface area (Å²) in [4.78, 5) is 19.7. The number of thiazole rings is 1. The first-order valence-corrected chi connectivity index (χ1v) is 14.0. The van der Waals surface area contributed by atoms with E-state index in [2.05, 4.69) is 6.07 Å². The van der Waals surface area contributed by atoms with Crippen molar-refractivity contribution in [1.29, 1.82) is 0 Å². The second kappa shape index (κ2) is 9.52. The van der Waals surface area contributed by atoms with Gasteiger partial charge in [0.25, 0.3) is 5.91 Å². The summed E-state index contributed by atoms with van der Waals surface area (Å²) in [5.41, 5.74) is 1.58. The molecule has 2 aliphatic rings. The van der Waals surface area contributed by atoms with Gasteiger partial charge < -0.3 is 4.90 Å². The molecule has 3 aromatic rings. The molecule has 33 heavy (non-hydrogen) atoms. The molecule has 2 aliphatic heterocycles. The fourth-order valence-corrected chi connectivity index (χ4v) is 7.39. The first-order chi connectivity index (χ1) is 16.0. The summed E-state index contributed by atoms with van der Waals surface area (Å²) < 4.78 is 29.2. The van der Waals surface area contributed by atoms with Crippen LogP contribution in [0.15, 0.2) is 53.4 Å². The molecule has 8 heteroatoms. The minimum Gasteiger partial charge on any atom is -0.339 e. The molecule has 2 fully saturated rings. The van der Waals surface area contributed by atoms with Crippen LogP contribution in [0, 0.1) is 0 Å². The average molecular weight is 484 g/mol. The Balaban J connectivity index is 1.24. The van der Waals surface area contributed by atoms with E-state index in [0.717, 1.165) is 62.1 Å². The lowest BCUT2D eigenvalue weighted by Crippen LogP contribution is -2.38. The van der Waals surface area contributed by atoms with E-state index in [1.54, 1.807) is 39.9 Å². The number of carbonyl (C=O) groups excluding carboxylic acids is 1. The Morgan fingerprint density at radius 3 is 2.21 bits per heavy atom. The van der Waals surface area contributed by atoms with Crippen LogP contribution in [0.1, 0.15) is 59.8 Å². The lowest BCUT2D eigenvalue weighted by molar-refractivity contribution is 0.0761. The molecule has 0 spiro atoms. The van der Waals surface area contributed by atoms with Crippen molar-refractivity contribution in [2.75, 3.05) is 26.2 Å². The Hall–Kier alpha value is -2.29. The van der Waals surface area contributed by atoms with E-state index in [-0.39, 0.29) is 10.8 Å². The number of sulfonamides is 1. The van der Waals surface area contributed by atoms with Gasteiger partial charge in [0.2, 0.25) is 10.0 Å². The van der Waals surface area contributed by atoms with Gasteiger partial charge in [-0.25, -0.2) is 13.4 Å². The minimum atomic E-state index is -3.57. The highest BCUT2D eigenvalue weighted by Gasteiger charge is 2.31. The van der Waals surface area contributed by atoms with Crippen molar-refractivity contribution in [3.63, 3.8) is 0 Å². The number of nitrogens with zero attached hydrogens (tertiary/aromatic N) is 3. The first-order valence-electron chi connectivity index (χ1n) is 11.8. The summed E-state index contributed by atoms with van der Waals surface area (Å²) in [5.74, 6) is 0.292. The van der Waals surface area contributed by atoms with Gasteiger partial charge in [-0.1, -0.05) is 25.0 Å². The van der Waals surface area contributed by atoms with Crippen molar-refractivity contribution >= 4 is 37.5 Å². The Kier molecular flexibility index (Phi) is 6.49. The van der Waals surface area contributed by atoms with E-state index in [1.165, 1.54) is 4.70 Å². The Labute approximate surface area is 199 Å². The van der Waals surface area contributed by atoms with Crippen molar-refractivity contribution in [3.05, 3.63) is 59.1 Å². The standard InChI is InChI=1S/C25H29N3O3S2/c29-25(27-15-5-1-2-6-16-27)20-9-11-21(12-10-20)33(30,31)28-17-13-19(14-18-28)24-26-22-7-3-4-8-23(22)32-24/h3-4,7-12,19H,1-2,5-6,13-18H2. The lowest BCUT2D eigenvalue weighted by atomic mass is 9.99. The topological polar surface area (TPSA) is 70.6 Å². The molecular weight excluding hydrogens is 454 g/mol. The summed E-state index contributed by atoms with van der Waals surface area (Å²) in [6, 6.07) is 14.6. The number of fused-ring (bicyclic) bond motifs is 1. The fourth-order valence-electron chi connectivity index (χ4n) is 4.78. The molecule has 0 aliphatic carbocycles. The van der Waals surface area contributed by atoms with Crippen molar-refractivity contribution < 1.29 is 13.2 Å². The van der Waals surface area contributed by atoms with Crippen LogP contribution in [0.4, 0.5) is 0 Å². The summed E-state index contributed by atoms with van der Waals surface area (Å²) in [6.07, 6.45) is 5.93. The van der Waals surface area contributed by atoms with Crippen LogP contribution >= 0.6 is 11.3 Å². The maximum absolute atomic E-state index is 13.2. The summed E-state index contributed by atoms with van der Waals surface area (Å²) >= 11 is 1.71. The van der Waals surface area contributed by atoms with Gasteiger partial charge in [0, 0.05) is 37.7 Å². The second-order valence-electron chi connectivity index (χ2n) is 8.93. The molecule has 2 aromatic carbocycles. The van der Waals surface area contributed by atoms with Gasteiger partial charge in [0.15, 0.2) is 0 Å². The predicted octanol–water partition coefficient (Wildman–Crippen LogP) is 4.88. The Morgan fingerprint density at radius 2 is 1.55 bits per heavy atom. The van der Waals surface area contributed by atoms with Crippen LogP contribution < -0.4 is 0 Å². The highest BCUT2D eigenvalue weighted by Crippen LogP contribution is 2.35. The maximum Gasteiger partial charge on any atom is 0.253 e. The smallest absolute Gasteiger partial charge is 0.253 e. The third-order valence-electron chi connectivity index (χ3n) is 6.75. The van der Waals surface area contributed by atoms with Crippen LogP contribution in [0.2, 0.25) is 0 Å². The molecule has 0 saturated carbocycles. The van der Waals surface area contributed by atoms with Gasteiger partial charge in [0.05, 0.1) is 20.1 Å². The van der Waals surface area contributed by atoms with Crippen LogP contribution in [-0.4, -0.2) is 54.7 Å². The van der Waals surface area contributed by atoms with Crippen molar-refractivity contribution in [2.45, 2.75) is 49.3 Å². The average Bonchev–Trinajstić information content (AvgIpc) is 3.10. The second-order valence-corrected chi connectivity index (χ2v) is 11.9. The van der Waals surface area contributed by atoms with E-state index >= 15 is 0 Å². The molecule has 0 atom stereocenters. The molecule has 0 bridgehead atoms. The van der Waals surface area contributed by atoms with Crippen molar-refractivity contribution in [1.82, 2.24) is 14.2 Å². The SMILES string of the molecule is O=C(c1ccc(S(=O)(=O)N2CCC(c3nc4ccccc4s3)CC2)cc1)N1CCCCCC1. The maximum atomic E-state index is 13.2. The molecule has 6 nitrogen and oxygen atoms in total. The minimum absolute atomic E-state index is 0.00232. The Morgan fingerprint density at radius 1 is 0.879 bits per heavy atom. The molecule has 0 radical (unpaired) electrons. The fraction of sp³-hybridized carbons (Fsp3) is 0.440. The van der Waals surface area contributed by atoms with Crippen LogP contribution in [0.3, 0.4) is 0 Å². The van der Waals surface area contributed by atoms with Gasteiger partial charge in [-0.3, -0.25) is 4.79 Å². The number of hydrogen-bond acceptors (Lipinski definition) is 5. The third-order valence-corrected chi connectivity index (χ3v) is 9.86. The molecule has 0 N–H and O–H groups in total. The largest absolute Gasteiger partial charge is 0.339 e. The molecule has 174 valence electrons. The van der Waals surface area contributed by atoms with Gasteiger partial charge in [0.1, 0.15) is 0 Å². The van der Waals surface area contributed by atoms with E-state index in [9.17, 15) is 13.2 Å². The number of para-hydroxylation sites is 1. The van der Waals surface area contributed by atoms with E-state index in [1.807, 2.05) is 23.1 Å². The molecule has 5 rings (SSSR count). The number of piperidine rings is 1. The monoisotopic (exact) mass is 483 g/mol. The number of hydrogen-bond donors (Lipinski definition) is 0.